The number of nitrogens with one attached hydrogen (secondary N) is 1. The van der Waals surface area contributed by atoms with Crippen LogP contribution < -0.4 is 5.32 Å². The fourth-order valence-electron chi connectivity index (χ4n) is 2.32. The van der Waals surface area contributed by atoms with E-state index in [1.54, 1.807) is 6.92 Å². The molecular weight excluding hydrogens is 292 g/mol. The van der Waals surface area contributed by atoms with Crippen LogP contribution in [0.15, 0.2) is 23.8 Å². The van der Waals surface area contributed by atoms with Gasteiger partial charge in [-0.3, -0.25) is 9.59 Å². The number of nitrogens with zero attached hydrogens (tertiary/aromatic N) is 1. The van der Waals surface area contributed by atoms with Crippen LogP contribution >= 0.6 is 11.6 Å². The van der Waals surface area contributed by atoms with E-state index in [0.717, 1.165) is 0 Å². The van der Waals surface area contributed by atoms with Gasteiger partial charge in [-0.2, -0.15) is 5.26 Å². The van der Waals surface area contributed by atoms with E-state index in [1.807, 2.05) is 6.07 Å². The Kier molecular flexibility index (Phi) is 3.75. The van der Waals surface area contributed by atoms with Gasteiger partial charge in [0.05, 0.1) is 6.07 Å². The highest BCUT2D eigenvalue weighted by Crippen LogP contribution is 2.40. The summed E-state index contributed by atoms with van der Waals surface area (Å²) in [4.78, 5) is 24.5. The van der Waals surface area contributed by atoms with Crippen LogP contribution in [0, 0.1) is 11.3 Å². The molecule has 0 aliphatic heterocycles. The zero-order valence-corrected chi connectivity index (χ0v) is 12.3. The first-order chi connectivity index (χ1) is 9.86. The van der Waals surface area contributed by atoms with E-state index in [4.69, 9.17) is 11.6 Å². The first kappa shape index (κ1) is 15.1. The summed E-state index contributed by atoms with van der Waals surface area (Å²) in [6.45, 7) is 3.41. The summed E-state index contributed by atoms with van der Waals surface area (Å²) in [6, 6.07) is 6.41. The van der Waals surface area contributed by atoms with Gasteiger partial charge in [0, 0.05) is 17.1 Å². The largest absolute Gasteiger partial charge is 0.506 e. The maximum absolute atomic E-state index is 12.5. The van der Waals surface area contributed by atoms with E-state index in [-0.39, 0.29) is 5.56 Å². The zero-order chi connectivity index (χ0) is 15.8. The fourth-order valence-corrected chi connectivity index (χ4v) is 2.49. The van der Waals surface area contributed by atoms with Crippen molar-refractivity contribution >= 4 is 29.1 Å². The van der Waals surface area contributed by atoms with Crippen molar-refractivity contribution in [3.8, 4) is 6.07 Å². The number of ketones is 1. The SMILES string of the molecule is CCNC(=O)C1=C(O)c2ccc(Cl)cc2[C@](C)(C#N)C1=O. The van der Waals surface area contributed by atoms with Crippen molar-refractivity contribution in [1.29, 1.82) is 5.26 Å². The number of aliphatic hydroxyl groups excluding tert-OH is 1. The second-order valence-corrected chi connectivity index (χ2v) is 5.28. The molecule has 0 spiro atoms. The zero-order valence-electron chi connectivity index (χ0n) is 11.5. The summed E-state index contributed by atoms with van der Waals surface area (Å²) in [5, 5.41) is 22.5. The summed E-state index contributed by atoms with van der Waals surface area (Å²) in [5.74, 6) is -1.85. The molecule has 0 saturated carbocycles. The number of aliphatic hydroxyl groups is 1. The number of amides is 1. The second-order valence-electron chi connectivity index (χ2n) is 4.84. The van der Waals surface area contributed by atoms with Crippen molar-refractivity contribution < 1.29 is 14.7 Å². The number of halogens is 1. The molecule has 1 amide bonds. The lowest BCUT2D eigenvalue weighted by Gasteiger charge is -2.29. The van der Waals surface area contributed by atoms with E-state index >= 15 is 0 Å². The molecule has 2 rings (SSSR count). The van der Waals surface area contributed by atoms with Crippen LogP contribution in [0.25, 0.3) is 5.76 Å². The molecule has 1 aromatic carbocycles. The topological polar surface area (TPSA) is 90.2 Å². The van der Waals surface area contributed by atoms with Crippen LogP contribution in [0.2, 0.25) is 5.02 Å². The molecule has 1 aliphatic carbocycles. The van der Waals surface area contributed by atoms with E-state index in [0.29, 0.717) is 17.1 Å². The average Bonchev–Trinajstić information content (AvgIpc) is 2.45. The number of hydrogen-bond acceptors (Lipinski definition) is 4. The van der Waals surface area contributed by atoms with Gasteiger partial charge in [0.15, 0.2) is 5.78 Å². The predicted octanol–water partition coefficient (Wildman–Crippen LogP) is 2.11. The molecule has 5 nitrogen and oxygen atoms in total. The number of hydrogen-bond donors (Lipinski definition) is 2. The molecule has 6 heteroatoms. The van der Waals surface area contributed by atoms with E-state index < -0.39 is 28.4 Å². The minimum absolute atomic E-state index is 0.268. The average molecular weight is 305 g/mol. The van der Waals surface area contributed by atoms with Gasteiger partial charge in [-0.25, -0.2) is 0 Å². The van der Waals surface area contributed by atoms with Crippen molar-refractivity contribution in [2.24, 2.45) is 0 Å². The van der Waals surface area contributed by atoms with Crippen LogP contribution in [-0.2, 0) is 15.0 Å². The third-order valence-corrected chi connectivity index (χ3v) is 3.72. The lowest BCUT2D eigenvalue weighted by molar-refractivity contribution is -0.124. The molecule has 0 radical (unpaired) electrons. The summed E-state index contributed by atoms with van der Waals surface area (Å²) in [5.41, 5.74) is -1.39. The van der Waals surface area contributed by atoms with Crippen molar-refractivity contribution in [3.63, 3.8) is 0 Å². The maximum Gasteiger partial charge on any atom is 0.258 e. The molecular formula is C15H13ClN2O3. The molecule has 21 heavy (non-hydrogen) atoms. The van der Waals surface area contributed by atoms with Gasteiger partial charge in [-0.15, -0.1) is 0 Å². The molecule has 0 fully saturated rings. The molecule has 1 atom stereocenters. The highest BCUT2D eigenvalue weighted by Gasteiger charge is 2.46. The lowest BCUT2D eigenvalue weighted by Crippen LogP contribution is -2.42. The van der Waals surface area contributed by atoms with Crippen molar-refractivity contribution in [2.75, 3.05) is 6.54 Å². The smallest absolute Gasteiger partial charge is 0.258 e. The Bertz CT molecular complexity index is 718. The Morgan fingerprint density at radius 1 is 1.52 bits per heavy atom. The fraction of sp³-hybridized carbons (Fsp3) is 0.267. The number of fused-ring (bicyclic) bond motifs is 1. The minimum Gasteiger partial charge on any atom is -0.506 e. The molecule has 0 saturated heterocycles. The Morgan fingerprint density at radius 3 is 2.76 bits per heavy atom. The number of nitriles is 1. The Balaban J connectivity index is 2.77. The van der Waals surface area contributed by atoms with Crippen LogP contribution in [0.4, 0.5) is 0 Å². The Morgan fingerprint density at radius 2 is 2.19 bits per heavy atom. The molecule has 0 aromatic heterocycles. The van der Waals surface area contributed by atoms with Crippen molar-refractivity contribution in [1.82, 2.24) is 5.32 Å². The van der Waals surface area contributed by atoms with Gasteiger partial charge in [0.2, 0.25) is 0 Å². The molecule has 2 N–H and O–H groups in total. The van der Waals surface area contributed by atoms with E-state index in [1.165, 1.54) is 25.1 Å². The quantitative estimate of drug-likeness (QED) is 0.819. The third kappa shape index (κ3) is 2.18. The van der Waals surface area contributed by atoms with Crippen LogP contribution in [0.3, 0.4) is 0 Å². The van der Waals surface area contributed by atoms with Gasteiger partial charge in [-0.1, -0.05) is 11.6 Å². The first-order valence-electron chi connectivity index (χ1n) is 6.34. The molecule has 0 unspecified atom stereocenters. The summed E-state index contributed by atoms with van der Waals surface area (Å²) >= 11 is 5.91. The van der Waals surface area contributed by atoms with Gasteiger partial charge >= 0.3 is 0 Å². The normalized spacial score (nSPS) is 20.8. The molecule has 0 heterocycles. The van der Waals surface area contributed by atoms with Crippen LogP contribution in [0.5, 0.6) is 0 Å². The molecule has 1 aromatic rings. The minimum atomic E-state index is -1.56. The lowest BCUT2D eigenvalue weighted by atomic mass is 9.70. The predicted molar refractivity (Wildman–Crippen MR) is 77.7 cm³/mol. The van der Waals surface area contributed by atoms with Gasteiger partial charge in [-0.05, 0) is 37.6 Å². The monoisotopic (exact) mass is 304 g/mol. The number of Topliss-reactive ketones (excluding diaryl/α,β-unsaturated/α-hetero) is 1. The van der Waals surface area contributed by atoms with E-state index in [9.17, 15) is 20.0 Å². The van der Waals surface area contributed by atoms with Gasteiger partial charge in [0.25, 0.3) is 5.91 Å². The summed E-state index contributed by atoms with van der Waals surface area (Å²) in [7, 11) is 0. The summed E-state index contributed by atoms with van der Waals surface area (Å²) in [6.07, 6.45) is 0. The van der Waals surface area contributed by atoms with Crippen LogP contribution in [0.1, 0.15) is 25.0 Å². The third-order valence-electron chi connectivity index (χ3n) is 3.48. The highest BCUT2D eigenvalue weighted by molar-refractivity contribution is 6.32. The Hall–Kier alpha value is -2.32. The Labute approximate surface area is 126 Å². The first-order valence-corrected chi connectivity index (χ1v) is 6.72. The van der Waals surface area contributed by atoms with Gasteiger partial charge < -0.3 is 10.4 Å². The number of rotatable bonds is 2. The number of likely N-dealkylation sites (N-methyl/N-ethyl adjacent to an activating group) is 1. The molecule has 108 valence electrons. The van der Waals surface area contributed by atoms with Crippen molar-refractivity contribution in [2.45, 2.75) is 19.3 Å². The molecule has 0 bridgehead atoms. The van der Waals surface area contributed by atoms with Crippen molar-refractivity contribution in [3.05, 3.63) is 39.9 Å². The standard InChI is InChI=1S/C15H13ClN2O3/c1-3-18-14(21)11-12(19)9-5-4-8(16)6-10(9)15(2,7-17)13(11)20/h4-6,19H,3H2,1-2H3,(H,18,21)/t15-/m0/s1. The summed E-state index contributed by atoms with van der Waals surface area (Å²) < 4.78 is 0. The number of benzene rings is 1. The number of carbonyl (C=O) groups excluding carboxylic acids is 2. The highest BCUT2D eigenvalue weighted by atomic mass is 35.5. The maximum atomic E-state index is 12.5. The van der Waals surface area contributed by atoms with Crippen LogP contribution in [-0.4, -0.2) is 23.3 Å². The molecule has 1 aliphatic rings. The number of carbonyl (C=O) groups is 2. The van der Waals surface area contributed by atoms with Gasteiger partial charge in [0.1, 0.15) is 16.7 Å². The van der Waals surface area contributed by atoms with E-state index in [2.05, 4.69) is 5.32 Å². The second kappa shape index (κ2) is 5.23.